The first-order chi connectivity index (χ1) is 13.2. The van der Waals surface area contributed by atoms with Gasteiger partial charge in [0.25, 0.3) is 0 Å². The van der Waals surface area contributed by atoms with Crippen molar-refractivity contribution in [3.05, 3.63) is 53.6 Å². The van der Waals surface area contributed by atoms with Crippen LogP contribution in [0, 0.1) is 0 Å². The predicted molar refractivity (Wildman–Crippen MR) is 111 cm³/mol. The fourth-order valence-corrected chi connectivity index (χ4v) is 3.62. The van der Waals surface area contributed by atoms with Gasteiger partial charge in [-0.15, -0.1) is 0 Å². The van der Waals surface area contributed by atoms with E-state index in [1.807, 2.05) is 24.3 Å². The van der Waals surface area contributed by atoms with E-state index in [0.717, 1.165) is 25.9 Å². The van der Waals surface area contributed by atoms with E-state index in [9.17, 15) is 4.79 Å². The molecule has 0 saturated carbocycles. The van der Waals surface area contributed by atoms with E-state index in [2.05, 4.69) is 40.7 Å². The summed E-state index contributed by atoms with van der Waals surface area (Å²) < 4.78 is 5.25. The average Bonchev–Trinajstić information content (AvgIpc) is 2.69. The van der Waals surface area contributed by atoms with Crippen LogP contribution in [0.1, 0.15) is 30.9 Å². The lowest BCUT2D eigenvalue weighted by Crippen LogP contribution is -2.31. The molecule has 0 radical (unpaired) electrons. The van der Waals surface area contributed by atoms with Gasteiger partial charge in [0.1, 0.15) is 5.75 Å². The molecule has 0 fully saturated rings. The summed E-state index contributed by atoms with van der Waals surface area (Å²) in [5.41, 5.74) is 4.76. The molecule has 2 aromatic rings. The number of amides is 2. The fourth-order valence-electron chi connectivity index (χ4n) is 3.62. The number of rotatable bonds is 7. The second-order valence-corrected chi connectivity index (χ2v) is 6.88. The highest BCUT2D eigenvalue weighted by molar-refractivity contribution is 5.90. The summed E-state index contributed by atoms with van der Waals surface area (Å²) in [6, 6.07) is 13.9. The number of urea groups is 1. The first kappa shape index (κ1) is 19.1. The Kier molecular flexibility index (Phi) is 6.58. The number of hydrogen-bond acceptors (Lipinski definition) is 3. The van der Waals surface area contributed by atoms with Crippen LogP contribution >= 0.6 is 0 Å². The maximum Gasteiger partial charge on any atom is 0.319 e. The lowest BCUT2D eigenvalue weighted by Gasteiger charge is -2.31. The number of nitrogens with one attached hydrogen (secondary N) is 2. The van der Waals surface area contributed by atoms with Gasteiger partial charge in [0.2, 0.25) is 0 Å². The van der Waals surface area contributed by atoms with Gasteiger partial charge in [0, 0.05) is 25.3 Å². The van der Waals surface area contributed by atoms with Crippen LogP contribution in [0.25, 0.3) is 0 Å². The van der Waals surface area contributed by atoms with Crippen LogP contribution in [0.3, 0.4) is 0 Å². The Balaban J connectivity index is 1.52. The summed E-state index contributed by atoms with van der Waals surface area (Å²) in [6.45, 7) is 5.10. The van der Waals surface area contributed by atoms with E-state index >= 15 is 0 Å². The van der Waals surface area contributed by atoms with Gasteiger partial charge in [0.15, 0.2) is 0 Å². The third-order valence-electron chi connectivity index (χ3n) is 4.91. The Labute approximate surface area is 161 Å². The average molecular weight is 367 g/mol. The monoisotopic (exact) mass is 367 g/mol. The minimum atomic E-state index is -0.216. The van der Waals surface area contributed by atoms with Crippen LogP contribution in [0.15, 0.2) is 42.5 Å². The van der Waals surface area contributed by atoms with Gasteiger partial charge in [-0.2, -0.15) is 0 Å². The van der Waals surface area contributed by atoms with Crippen molar-refractivity contribution >= 4 is 17.4 Å². The smallest absolute Gasteiger partial charge is 0.319 e. The van der Waals surface area contributed by atoms with Crippen molar-refractivity contribution in [3.8, 4) is 5.75 Å². The molecule has 0 unspecified atom stereocenters. The van der Waals surface area contributed by atoms with E-state index in [0.29, 0.717) is 18.0 Å². The second kappa shape index (κ2) is 9.31. The standard InChI is InChI=1S/C22H29N3O2/c1-3-14-25-15-6-7-18-16-17(10-11-20(18)25)12-13-23-22(26)24-19-8-4-5-9-21(19)27-2/h4-5,8-11,16H,3,6-7,12-15H2,1-2H3,(H2,23,24,26). The molecule has 0 saturated heterocycles. The molecule has 2 amide bonds. The number of nitrogens with zero attached hydrogens (tertiary/aromatic N) is 1. The lowest BCUT2D eigenvalue weighted by molar-refractivity contribution is 0.252. The zero-order valence-electron chi connectivity index (χ0n) is 16.3. The lowest BCUT2D eigenvalue weighted by atomic mass is 9.98. The van der Waals surface area contributed by atoms with Crippen molar-refractivity contribution in [1.82, 2.24) is 5.32 Å². The van der Waals surface area contributed by atoms with Crippen molar-refractivity contribution in [1.29, 1.82) is 0 Å². The van der Waals surface area contributed by atoms with Crippen molar-refractivity contribution in [2.45, 2.75) is 32.6 Å². The van der Waals surface area contributed by atoms with Crippen LogP contribution < -0.4 is 20.3 Å². The van der Waals surface area contributed by atoms with Gasteiger partial charge in [-0.1, -0.05) is 31.2 Å². The van der Waals surface area contributed by atoms with Crippen molar-refractivity contribution in [2.75, 3.05) is 37.0 Å². The zero-order chi connectivity index (χ0) is 19.1. The summed E-state index contributed by atoms with van der Waals surface area (Å²) in [7, 11) is 1.59. The van der Waals surface area contributed by atoms with Gasteiger partial charge in [-0.3, -0.25) is 0 Å². The highest BCUT2D eigenvalue weighted by Crippen LogP contribution is 2.28. The molecule has 3 rings (SSSR count). The number of carbonyl (C=O) groups excluding carboxylic acids is 1. The number of para-hydroxylation sites is 2. The minimum Gasteiger partial charge on any atom is -0.495 e. The molecule has 0 aliphatic carbocycles. The number of fused-ring (bicyclic) bond motifs is 1. The maximum atomic E-state index is 12.1. The third-order valence-corrected chi connectivity index (χ3v) is 4.91. The van der Waals surface area contributed by atoms with Crippen molar-refractivity contribution in [3.63, 3.8) is 0 Å². The van der Waals surface area contributed by atoms with Crippen LogP contribution in [0.4, 0.5) is 16.2 Å². The van der Waals surface area contributed by atoms with E-state index < -0.39 is 0 Å². The molecule has 144 valence electrons. The number of aryl methyl sites for hydroxylation is 1. The van der Waals surface area contributed by atoms with Crippen LogP contribution in [0.2, 0.25) is 0 Å². The molecule has 0 spiro atoms. The zero-order valence-corrected chi connectivity index (χ0v) is 16.3. The number of anilines is 2. The molecular formula is C22H29N3O2. The molecule has 2 aromatic carbocycles. The molecule has 1 aliphatic rings. The van der Waals surface area contributed by atoms with Crippen molar-refractivity contribution in [2.24, 2.45) is 0 Å². The Morgan fingerprint density at radius 3 is 2.89 bits per heavy atom. The molecule has 0 bridgehead atoms. The van der Waals surface area contributed by atoms with E-state index in [4.69, 9.17) is 4.74 Å². The first-order valence-electron chi connectivity index (χ1n) is 9.76. The SMILES string of the molecule is CCCN1CCCc2cc(CCNC(=O)Nc3ccccc3OC)ccc21. The van der Waals surface area contributed by atoms with E-state index in [1.165, 1.54) is 29.7 Å². The quantitative estimate of drug-likeness (QED) is 0.770. The number of carbonyl (C=O) groups is 1. The van der Waals surface area contributed by atoms with Gasteiger partial charge < -0.3 is 20.3 Å². The number of ether oxygens (including phenoxy) is 1. The van der Waals surface area contributed by atoms with Gasteiger partial charge in [-0.05, 0) is 55.0 Å². The summed E-state index contributed by atoms with van der Waals surface area (Å²) in [4.78, 5) is 14.6. The van der Waals surface area contributed by atoms with Gasteiger partial charge in [0.05, 0.1) is 12.8 Å². The molecule has 2 N–H and O–H groups in total. The highest BCUT2D eigenvalue weighted by atomic mass is 16.5. The maximum absolute atomic E-state index is 12.1. The molecule has 1 aliphatic heterocycles. The molecule has 5 heteroatoms. The Morgan fingerprint density at radius 2 is 2.07 bits per heavy atom. The predicted octanol–water partition coefficient (Wildman–Crippen LogP) is 4.22. The topological polar surface area (TPSA) is 53.6 Å². The Bertz CT molecular complexity index is 776. The van der Waals surface area contributed by atoms with Gasteiger partial charge in [-0.25, -0.2) is 4.79 Å². The first-order valence-corrected chi connectivity index (χ1v) is 9.76. The number of methoxy groups -OCH3 is 1. The Hall–Kier alpha value is -2.69. The van der Waals surface area contributed by atoms with Gasteiger partial charge >= 0.3 is 6.03 Å². The summed E-state index contributed by atoms with van der Waals surface area (Å²) >= 11 is 0. The normalized spacial score (nSPS) is 13.0. The molecule has 0 aromatic heterocycles. The second-order valence-electron chi connectivity index (χ2n) is 6.88. The van der Waals surface area contributed by atoms with E-state index in [-0.39, 0.29) is 6.03 Å². The third kappa shape index (κ3) is 4.94. The minimum absolute atomic E-state index is 0.216. The molecular weight excluding hydrogens is 338 g/mol. The van der Waals surface area contributed by atoms with E-state index in [1.54, 1.807) is 7.11 Å². The molecule has 0 atom stereocenters. The fraction of sp³-hybridized carbons (Fsp3) is 0.409. The molecule has 1 heterocycles. The summed E-state index contributed by atoms with van der Waals surface area (Å²) in [5, 5.41) is 5.76. The summed E-state index contributed by atoms with van der Waals surface area (Å²) in [6.07, 6.45) is 4.36. The molecule has 27 heavy (non-hydrogen) atoms. The van der Waals surface area contributed by atoms with Crippen LogP contribution in [-0.2, 0) is 12.8 Å². The largest absolute Gasteiger partial charge is 0.495 e. The van der Waals surface area contributed by atoms with Crippen LogP contribution in [-0.4, -0.2) is 32.8 Å². The van der Waals surface area contributed by atoms with Crippen LogP contribution in [0.5, 0.6) is 5.75 Å². The summed E-state index contributed by atoms with van der Waals surface area (Å²) in [5.74, 6) is 0.652. The number of hydrogen-bond donors (Lipinski definition) is 2. The Morgan fingerprint density at radius 1 is 1.22 bits per heavy atom. The number of benzene rings is 2. The molecule has 5 nitrogen and oxygen atoms in total. The van der Waals surface area contributed by atoms with Crippen molar-refractivity contribution < 1.29 is 9.53 Å². The highest BCUT2D eigenvalue weighted by Gasteiger charge is 2.16.